The number of hydrogen-bond donors (Lipinski definition) is 1. The molecule has 1 rings (SSSR count). The van der Waals surface area contributed by atoms with Crippen molar-refractivity contribution >= 4 is 5.97 Å². The third-order valence-electron chi connectivity index (χ3n) is 2.94. The van der Waals surface area contributed by atoms with Crippen molar-refractivity contribution in [3.63, 3.8) is 0 Å². The third-order valence-corrected chi connectivity index (χ3v) is 2.94. The highest BCUT2D eigenvalue weighted by Gasteiger charge is 2.19. The number of esters is 1. The summed E-state index contributed by atoms with van der Waals surface area (Å²) in [4.78, 5) is 11.5. The van der Waals surface area contributed by atoms with E-state index in [1.807, 2.05) is 38.1 Å². The van der Waals surface area contributed by atoms with Crippen LogP contribution in [-0.2, 0) is 9.53 Å². The van der Waals surface area contributed by atoms with E-state index < -0.39 is 0 Å². The Bertz CT molecular complexity index is 392. The van der Waals surface area contributed by atoms with E-state index in [0.29, 0.717) is 6.42 Å². The molecule has 0 spiro atoms. The Kier molecular flexibility index (Phi) is 5.65. The fraction of sp³-hybridized carbons (Fsp3) is 0.500. The molecule has 0 aliphatic heterocycles. The van der Waals surface area contributed by atoms with Crippen LogP contribution in [-0.4, -0.2) is 26.2 Å². The van der Waals surface area contributed by atoms with Gasteiger partial charge in [0, 0.05) is 6.04 Å². The van der Waals surface area contributed by atoms with Gasteiger partial charge in [0.2, 0.25) is 0 Å². The van der Waals surface area contributed by atoms with Crippen LogP contribution in [0.5, 0.6) is 5.75 Å². The number of carbonyl (C=O) groups is 1. The molecule has 0 radical (unpaired) electrons. The van der Waals surface area contributed by atoms with E-state index in [9.17, 15) is 4.79 Å². The highest BCUT2D eigenvalue weighted by Crippen LogP contribution is 2.19. The minimum absolute atomic E-state index is 0.0594. The average Bonchev–Trinajstić information content (AvgIpc) is 2.43. The summed E-state index contributed by atoms with van der Waals surface area (Å²) in [5.74, 6) is 0.583. The maximum atomic E-state index is 11.5. The molecule has 4 heteroatoms. The van der Waals surface area contributed by atoms with Crippen molar-refractivity contribution in [2.45, 2.75) is 32.4 Å². The summed E-state index contributed by atoms with van der Waals surface area (Å²) in [5.41, 5.74) is 1.08. The number of benzene rings is 1. The summed E-state index contributed by atoms with van der Waals surface area (Å²) in [5, 5.41) is 3.25. The van der Waals surface area contributed by atoms with Gasteiger partial charge in [0.05, 0.1) is 14.2 Å². The molecule has 0 aliphatic carbocycles. The number of ether oxygens (including phenoxy) is 2. The molecule has 1 aromatic carbocycles. The number of rotatable bonds is 6. The molecule has 0 saturated heterocycles. The Morgan fingerprint density at radius 2 is 2.11 bits per heavy atom. The van der Waals surface area contributed by atoms with Gasteiger partial charge in [-0.1, -0.05) is 19.1 Å². The van der Waals surface area contributed by atoms with Crippen LogP contribution in [0.3, 0.4) is 0 Å². The number of methoxy groups -OCH3 is 2. The third kappa shape index (κ3) is 3.74. The van der Waals surface area contributed by atoms with Gasteiger partial charge in [0.15, 0.2) is 0 Å². The molecule has 0 amide bonds. The minimum Gasteiger partial charge on any atom is -0.497 e. The molecule has 1 aromatic rings. The maximum absolute atomic E-state index is 11.5. The second-order valence-corrected chi connectivity index (χ2v) is 4.15. The van der Waals surface area contributed by atoms with Crippen LogP contribution in [0.2, 0.25) is 0 Å². The van der Waals surface area contributed by atoms with Crippen molar-refractivity contribution in [1.29, 1.82) is 0 Å². The van der Waals surface area contributed by atoms with E-state index in [2.05, 4.69) is 5.32 Å². The van der Waals surface area contributed by atoms with Crippen LogP contribution < -0.4 is 10.1 Å². The Hall–Kier alpha value is -1.55. The summed E-state index contributed by atoms with van der Waals surface area (Å²) in [7, 11) is 3.05. The molecule has 0 saturated carbocycles. The van der Waals surface area contributed by atoms with Gasteiger partial charge >= 0.3 is 5.97 Å². The lowest BCUT2D eigenvalue weighted by Crippen LogP contribution is -2.38. The average molecular weight is 251 g/mol. The highest BCUT2D eigenvalue weighted by atomic mass is 16.5. The molecule has 0 bridgehead atoms. The smallest absolute Gasteiger partial charge is 0.322 e. The van der Waals surface area contributed by atoms with Crippen LogP contribution in [0, 0.1) is 0 Å². The molecule has 18 heavy (non-hydrogen) atoms. The normalized spacial score (nSPS) is 13.8. The van der Waals surface area contributed by atoms with Gasteiger partial charge in [-0.3, -0.25) is 10.1 Å². The van der Waals surface area contributed by atoms with Crippen LogP contribution in [0.25, 0.3) is 0 Å². The van der Waals surface area contributed by atoms with Crippen molar-refractivity contribution in [1.82, 2.24) is 5.32 Å². The molecular weight excluding hydrogens is 230 g/mol. The van der Waals surface area contributed by atoms with Crippen molar-refractivity contribution in [2.24, 2.45) is 0 Å². The van der Waals surface area contributed by atoms with Gasteiger partial charge in [0.25, 0.3) is 0 Å². The molecule has 0 aromatic heterocycles. The molecule has 1 N–H and O–H groups in total. The topological polar surface area (TPSA) is 47.6 Å². The summed E-state index contributed by atoms with van der Waals surface area (Å²) in [6.07, 6.45) is 0.695. The quantitative estimate of drug-likeness (QED) is 0.788. The fourth-order valence-electron chi connectivity index (χ4n) is 1.80. The molecule has 4 nitrogen and oxygen atoms in total. The van der Waals surface area contributed by atoms with E-state index in [-0.39, 0.29) is 18.1 Å². The van der Waals surface area contributed by atoms with Crippen LogP contribution in [0.4, 0.5) is 0 Å². The summed E-state index contributed by atoms with van der Waals surface area (Å²) in [6, 6.07) is 7.57. The molecule has 2 atom stereocenters. The van der Waals surface area contributed by atoms with Crippen molar-refractivity contribution in [3.8, 4) is 5.75 Å². The zero-order valence-electron chi connectivity index (χ0n) is 11.4. The Morgan fingerprint density at radius 3 is 2.67 bits per heavy atom. The van der Waals surface area contributed by atoms with Crippen molar-refractivity contribution in [3.05, 3.63) is 29.8 Å². The van der Waals surface area contributed by atoms with E-state index in [0.717, 1.165) is 11.3 Å². The lowest BCUT2D eigenvalue weighted by Gasteiger charge is -2.21. The van der Waals surface area contributed by atoms with Gasteiger partial charge in [-0.2, -0.15) is 0 Å². The fourth-order valence-corrected chi connectivity index (χ4v) is 1.80. The van der Waals surface area contributed by atoms with Crippen molar-refractivity contribution in [2.75, 3.05) is 14.2 Å². The maximum Gasteiger partial charge on any atom is 0.322 e. The van der Waals surface area contributed by atoms with Crippen LogP contribution in [0.1, 0.15) is 31.9 Å². The Labute approximate surface area is 108 Å². The molecular formula is C14H21NO3. The summed E-state index contributed by atoms with van der Waals surface area (Å²) >= 11 is 0. The Morgan fingerprint density at radius 1 is 1.39 bits per heavy atom. The van der Waals surface area contributed by atoms with E-state index >= 15 is 0 Å². The minimum atomic E-state index is -0.281. The lowest BCUT2D eigenvalue weighted by atomic mass is 10.1. The second kappa shape index (κ2) is 7.01. The summed E-state index contributed by atoms with van der Waals surface area (Å²) in [6.45, 7) is 3.97. The van der Waals surface area contributed by atoms with Gasteiger partial charge < -0.3 is 9.47 Å². The van der Waals surface area contributed by atoms with Gasteiger partial charge in [0.1, 0.15) is 11.8 Å². The van der Waals surface area contributed by atoms with E-state index in [1.54, 1.807) is 7.11 Å². The standard InChI is InChI=1S/C14H21NO3/c1-5-13(14(16)18-4)15-10(2)11-7-6-8-12(9-11)17-3/h6-10,13,15H,5H2,1-4H3/t10-,13?/m0/s1. The SMILES string of the molecule is CCC(N[C@@H](C)c1cccc(OC)c1)C(=O)OC. The zero-order chi connectivity index (χ0) is 13.5. The molecule has 0 fully saturated rings. The Balaban J connectivity index is 2.73. The second-order valence-electron chi connectivity index (χ2n) is 4.15. The first-order valence-corrected chi connectivity index (χ1v) is 6.10. The molecule has 0 aliphatic rings. The monoisotopic (exact) mass is 251 g/mol. The van der Waals surface area contributed by atoms with E-state index in [1.165, 1.54) is 7.11 Å². The van der Waals surface area contributed by atoms with Gasteiger partial charge in [-0.25, -0.2) is 0 Å². The highest BCUT2D eigenvalue weighted by molar-refractivity contribution is 5.75. The lowest BCUT2D eigenvalue weighted by molar-refractivity contribution is -0.143. The molecule has 100 valence electrons. The first-order valence-electron chi connectivity index (χ1n) is 6.10. The zero-order valence-corrected chi connectivity index (χ0v) is 11.4. The first kappa shape index (κ1) is 14.5. The van der Waals surface area contributed by atoms with Crippen LogP contribution >= 0.6 is 0 Å². The predicted molar refractivity (Wildman–Crippen MR) is 70.6 cm³/mol. The van der Waals surface area contributed by atoms with Gasteiger partial charge in [-0.05, 0) is 31.0 Å². The molecule has 1 unspecified atom stereocenters. The number of hydrogen-bond acceptors (Lipinski definition) is 4. The summed E-state index contributed by atoms with van der Waals surface area (Å²) < 4.78 is 9.94. The number of carbonyl (C=O) groups excluding carboxylic acids is 1. The van der Waals surface area contributed by atoms with E-state index in [4.69, 9.17) is 9.47 Å². The molecule has 0 heterocycles. The largest absolute Gasteiger partial charge is 0.497 e. The predicted octanol–water partition coefficient (Wildman–Crippen LogP) is 2.30. The van der Waals surface area contributed by atoms with Crippen molar-refractivity contribution < 1.29 is 14.3 Å². The first-order chi connectivity index (χ1) is 8.62. The van der Waals surface area contributed by atoms with Crippen LogP contribution in [0.15, 0.2) is 24.3 Å². The number of nitrogens with one attached hydrogen (secondary N) is 1. The van der Waals surface area contributed by atoms with Gasteiger partial charge in [-0.15, -0.1) is 0 Å².